The molecule has 1 amide bonds. The average molecular weight is 314 g/mol. The van der Waals surface area contributed by atoms with Gasteiger partial charge in [0.2, 0.25) is 5.91 Å². The number of halogens is 1. The predicted molar refractivity (Wildman–Crippen MR) is 81.0 cm³/mol. The summed E-state index contributed by atoms with van der Waals surface area (Å²) in [6, 6.07) is 0. The van der Waals surface area contributed by atoms with Crippen LogP contribution in [0.25, 0.3) is 6.08 Å². The maximum Gasteiger partial charge on any atom is 0.308 e. The van der Waals surface area contributed by atoms with Gasteiger partial charge in [0.05, 0.1) is 11.6 Å². The number of nitrogens with zero attached hydrogens (tertiary/aromatic N) is 2. The number of aryl methyl sites for hydroxylation is 2. The number of hydrogen-bond donors (Lipinski definition) is 2. The summed E-state index contributed by atoms with van der Waals surface area (Å²) in [7, 11) is 1.72. The number of aromatic nitrogens is 2. The van der Waals surface area contributed by atoms with Crippen LogP contribution in [0.1, 0.15) is 31.0 Å². The highest BCUT2D eigenvalue weighted by atomic mass is 35.5. The van der Waals surface area contributed by atoms with Crippen molar-refractivity contribution in [3.05, 3.63) is 22.5 Å². The Morgan fingerprint density at radius 2 is 2.19 bits per heavy atom. The third-order valence-corrected chi connectivity index (χ3v) is 3.55. The summed E-state index contributed by atoms with van der Waals surface area (Å²) in [5.41, 5.74) is 1.40. The van der Waals surface area contributed by atoms with Crippen LogP contribution in [-0.4, -0.2) is 33.3 Å². The molecule has 0 radical (unpaired) electrons. The largest absolute Gasteiger partial charge is 0.481 e. The highest BCUT2D eigenvalue weighted by Gasteiger charge is 2.16. The van der Waals surface area contributed by atoms with Crippen molar-refractivity contribution in [3.63, 3.8) is 0 Å². The van der Waals surface area contributed by atoms with E-state index in [-0.39, 0.29) is 12.5 Å². The first-order chi connectivity index (χ1) is 9.86. The monoisotopic (exact) mass is 313 g/mol. The van der Waals surface area contributed by atoms with Gasteiger partial charge in [0.25, 0.3) is 0 Å². The number of nitrogens with one attached hydrogen (secondary N) is 1. The van der Waals surface area contributed by atoms with Crippen LogP contribution in [0.2, 0.25) is 5.15 Å². The first kappa shape index (κ1) is 17.2. The normalized spacial score (nSPS) is 12.6. The minimum absolute atomic E-state index is 0.117. The molecule has 21 heavy (non-hydrogen) atoms. The van der Waals surface area contributed by atoms with Crippen LogP contribution in [0.3, 0.4) is 0 Å². The lowest BCUT2D eigenvalue weighted by Crippen LogP contribution is -2.31. The zero-order valence-electron chi connectivity index (χ0n) is 12.4. The zero-order chi connectivity index (χ0) is 16.0. The third kappa shape index (κ3) is 4.90. The predicted octanol–water partition coefficient (Wildman–Crippen LogP) is 2.01. The quantitative estimate of drug-likeness (QED) is 0.754. The summed E-state index contributed by atoms with van der Waals surface area (Å²) >= 11 is 6.05. The standard InChI is InChI=1S/C14H20ClN3O3/c1-4-5-10(14(20)21)8-16-12(19)7-6-11-9(2)17-18(3)13(11)15/h6-7,10H,4-5,8H2,1-3H3,(H,16,19)(H,20,21). The minimum atomic E-state index is -0.896. The molecule has 1 rings (SSSR count). The Bertz CT molecular complexity index is 552. The highest BCUT2D eigenvalue weighted by molar-refractivity contribution is 6.31. The molecule has 1 atom stereocenters. The van der Waals surface area contributed by atoms with E-state index in [4.69, 9.17) is 16.7 Å². The van der Waals surface area contributed by atoms with Gasteiger partial charge in [-0.15, -0.1) is 0 Å². The summed E-state index contributed by atoms with van der Waals surface area (Å²) in [6.45, 7) is 3.82. The maximum absolute atomic E-state index is 11.7. The van der Waals surface area contributed by atoms with E-state index in [1.54, 1.807) is 20.0 Å². The Morgan fingerprint density at radius 1 is 1.52 bits per heavy atom. The molecule has 6 nitrogen and oxygen atoms in total. The van der Waals surface area contributed by atoms with Gasteiger partial charge >= 0.3 is 5.97 Å². The number of carbonyl (C=O) groups excluding carboxylic acids is 1. The topological polar surface area (TPSA) is 84.2 Å². The van der Waals surface area contributed by atoms with Crippen molar-refractivity contribution in [3.8, 4) is 0 Å². The molecule has 0 aliphatic carbocycles. The van der Waals surface area contributed by atoms with Crippen LogP contribution in [-0.2, 0) is 16.6 Å². The molecule has 1 heterocycles. The van der Waals surface area contributed by atoms with Crippen molar-refractivity contribution < 1.29 is 14.7 Å². The number of amides is 1. The van der Waals surface area contributed by atoms with Crippen molar-refractivity contribution in [2.45, 2.75) is 26.7 Å². The summed E-state index contributed by atoms with van der Waals surface area (Å²) in [5, 5.41) is 16.2. The van der Waals surface area contributed by atoms with Crippen molar-refractivity contribution >= 4 is 29.6 Å². The van der Waals surface area contributed by atoms with Gasteiger partial charge in [-0.05, 0) is 19.4 Å². The first-order valence-corrected chi connectivity index (χ1v) is 7.12. The van der Waals surface area contributed by atoms with E-state index in [1.165, 1.54) is 10.8 Å². The fraction of sp³-hybridized carbons (Fsp3) is 0.500. The molecule has 0 aliphatic rings. The Labute approximate surface area is 128 Å². The highest BCUT2D eigenvalue weighted by Crippen LogP contribution is 2.19. The van der Waals surface area contributed by atoms with E-state index in [0.717, 1.165) is 12.1 Å². The fourth-order valence-electron chi connectivity index (χ4n) is 1.94. The molecule has 1 unspecified atom stereocenters. The molecule has 2 N–H and O–H groups in total. The molecule has 0 aliphatic heterocycles. The van der Waals surface area contributed by atoms with Crippen LogP contribution in [0.5, 0.6) is 0 Å². The van der Waals surface area contributed by atoms with E-state index in [2.05, 4.69) is 10.4 Å². The van der Waals surface area contributed by atoms with Gasteiger partial charge in [0.1, 0.15) is 5.15 Å². The van der Waals surface area contributed by atoms with E-state index in [1.807, 2.05) is 6.92 Å². The van der Waals surface area contributed by atoms with Crippen molar-refractivity contribution in [1.82, 2.24) is 15.1 Å². The maximum atomic E-state index is 11.7. The molecule has 0 saturated heterocycles. The van der Waals surface area contributed by atoms with Gasteiger partial charge in [-0.3, -0.25) is 14.3 Å². The number of carboxylic acid groups (broad SMARTS) is 1. The molecule has 1 aromatic rings. The van der Waals surface area contributed by atoms with Crippen LogP contribution < -0.4 is 5.32 Å². The second kappa shape index (κ2) is 7.83. The van der Waals surface area contributed by atoms with Crippen molar-refractivity contribution in [1.29, 1.82) is 0 Å². The molecule has 0 fully saturated rings. The lowest BCUT2D eigenvalue weighted by molar-refractivity contribution is -0.141. The lowest BCUT2D eigenvalue weighted by atomic mass is 10.0. The van der Waals surface area contributed by atoms with Gasteiger partial charge < -0.3 is 10.4 Å². The van der Waals surface area contributed by atoms with Crippen molar-refractivity contribution in [2.24, 2.45) is 13.0 Å². The Morgan fingerprint density at radius 3 is 2.67 bits per heavy atom. The molecule has 7 heteroatoms. The smallest absolute Gasteiger partial charge is 0.308 e. The fourth-order valence-corrected chi connectivity index (χ4v) is 2.18. The molecular weight excluding hydrogens is 294 g/mol. The van der Waals surface area contributed by atoms with Gasteiger partial charge in [-0.2, -0.15) is 5.10 Å². The van der Waals surface area contributed by atoms with Gasteiger partial charge in [-0.25, -0.2) is 0 Å². The first-order valence-electron chi connectivity index (χ1n) is 6.74. The molecule has 0 bridgehead atoms. The molecular formula is C14H20ClN3O3. The van der Waals surface area contributed by atoms with Gasteiger partial charge in [0.15, 0.2) is 0 Å². The van der Waals surface area contributed by atoms with E-state index < -0.39 is 11.9 Å². The number of rotatable bonds is 7. The number of carboxylic acids is 1. The molecule has 116 valence electrons. The molecule has 1 aromatic heterocycles. The van der Waals surface area contributed by atoms with E-state index in [9.17, 15) is 9.59 Å². The Balaban J connectivity index is 2.61. The third-order valence-electron chi connectivity index (χ3n) is 3.11. The Kier molecular flexibility index (Phi) is 6.42. The summed E-state index contributed by atoms with van der Waals surface area (Å²) in [5.74, 6) is -1.81. The number of carbonyl (C=O) groups is 2. The van der Waals surface area contributed by atoms with Crippen LogP contribution in [0, 0.1) is 12.8 Å². The lowest BCUT2D eigenvalue weighted by Gasteiger charge is -2.10. The summed E-state index contributed by atoms with van der Waals surface area (Å²) < 4.78 is 1.52. The van der Waals surface area contributed by atoms with E-state index in [0.29, 0.717) is 17.1 Å². The van der Waals surface area contributed by atoms with Crippen LogP contribution >= 0.6 is 11.6 Å². The number of aliphatic carboxylic acids is 1. The molecule has 0 spiro atoms. The van der Waals surface area contributed by atoms with Crippen LogP contribution in [0.15, 0.2) is 6.08 Å². The number of hydrogen-bond acceptors (Lipinski definition) is 3. The zero-order valence-corrected chi connectivity index (χ0v) is 13.1. The summed E-state index contributed by atoms with van der Waals surface area (Å²) in [4.78, 5) is 22.7. The molecule has 0 aromatic carbocycles. The summed E-state index contributed by atoms with van der Waals surface area (Å²) in [6.07, 6.45) is 4.20. The SMILES string of the molecule is CCCC(CNC(=O)C=Cc1c(C)nn(C)c1Cl)C(=O)O. The average Bonchev–Trinajstić information content (AvgIpc) is 2.65. The van der Waals surface area contributed by atoms with Crippen molar-refractivity contribution in [2.75, 3.05) is 6.54 Å². The van der Waals surface area contributed by atoms with Gasteiger partial charge in [0, 0.05) is 25.2 Å². The second-order valence-corrected chi connectivity index (χ2v) is 5.17. The second-order valence-electron chi connectivity index (χ2n) is 4.82. The van der Waals surface area contributed by atoms with Crippen LogP contribution in [0.4, 0.5) is 0 Å². The Hall–Kier alpha value is -1.82. The molecule has 0 saturated carbocycles. The minimum Gasteiger partial charge on any atom is -0.481 e. The van der Waals surface area contributed by atoms with E-state index >= 15 is 0 Å². The van der Waals surface area contributed by atoms with Gasteiger partial charge in [-0.1, -0.05) is 24.9 Å².